The fraction of sp³-hybridized carbons (Fsp3) is 0.750. The van der Waals surface area contributed by atoms with Gasteiger partial charge >= 0.3 is 5.97 Å². The van der Waals surface area contributed by atoms with Gasteiger partial charge in [-0.15, -0.1) is 6.58 Å². The standard InChI is InChI=1S/C12H20O3/c1-6-9-7-14-11(15-8(2)13)10(9)12(3,4)5/h6,9-11H,1,7H2,2-5H3/t9-,10+,11+/m1/s1. The number of hydrogen-bond acceptors (Lipinski definition) is 3. The summed E-state index contributed by atoms with van der Waals surface area (Å²) in [6, 6.07) is 0. The molecule has 0 saturated carbocycles. The third-order valence-electron chi connectivity index (χ3n) is 2.79. The zero-order valence-corrected chi connectivity index (χ0v) is 9.95. The lowest BCUT2D eigenvalue weighted by atomic mass is 9.74. The van der Waals surface area contributed by atoms with Gasteiger partial charge in [-0.2, -0.15) is 0 Å². The van der Waals surface area contributed by atoms with Crippen LogP contribution in [0.1, 0.15) is 27.7 Å². The molecule has 0 aromatic rings. The third-order valence-corrected chi connectivity index (χ3v) is 2.79. The number of ether oxygens (including phenoxy) is 2. The lowest BCUT2D eigenvalue weighted by Gasteiger charge is -2.32. The van der Waals surface area contributed by atoms with Crippen LogP contribution < -0.4 is 0 Å². The fourth-order valence-corrected chi connectivity index (χ4v) is 2.15. The predicted octanol–water partition coefficient (Wildman–Crippen LogP) is 2.37. The van der Waals surface area contributed by atoms with Crippen molar-refractivity contribution < 1.29 is 14.3 Å². The number of esters is 1. The topological polar surface area (TPSA) is 35.5 Å². The van der Waals surface area contributed by atoms with Gasteiger partial charge in [-0.25, -0.2) is 0 Å². The summed E-state index contributed by atoms with van der Waals surface area (Å²) in [5.41, 5.74) is 0.0372. The van der Waals surface area contributed by atoms with Crippen LogP contribution in [0.15, 0.2) is 12.7 Å². The van der Waals surface area contributed by atoms with Crippen LogP contribution in [0.25, 0.3) is 0 Å². The molecule has 0 aromatic carbocycles. The summed E-state index contributed by atoms with van der Waals surface area (Å²) >= 11 is 0. The lowest BCUT2D eigenvalue weighted by Crippen LogP contribution is -2.34. The molecule has 3 heteroatoms. The van der Waals surface area contributed by atoms with Crippen LogP contribution in [0.2, 0.25) is 0 Å². The maximum Gasteiger partial charge on any atom is 0.304 e. The molecule has 0 amide bonds. The van der Waals surface area contributed by atoms with Crippen molar-refractivity contribution in [2.45, 2.75) is 34.0 Å². The third kappa shape index (κ3) is 2.81. The molecule has 1 aliphatic heterocycles. The van der Waals surface area contributed by atoms with E-state index in [-0.39, 0.29) is 23.2 Å². The summed E-state index contributed by atoms with van der Waals surface area (Å²) in [5.74, 6) is 0.146. The molecule has 0 radical (unpaired) electrons. The minimum Gasteiger partial charge on any atom is -0.436 e. The molecule has 0 aliphatic carbocycles. The van der Waals surface area contributed by atoms with E-state index in [0.717, 1.165) is 0 Å². The van der Waals surface area contributed by atoms with E-state index >= 15 is 0 Å². The average molecular weight is 212 g/mol. The number of hydrogen-bond donors (Lipinski definition) is 0. The smallest absolute Gasteiger partial charge is 0.304 e. The van der Waals surface area contributed by atoms with Crippen molar-refractivity contribution in [2.24, 2.45) is 17.3 Å². The molecular formula is C12H20O3. The zero-order chi connectivity index (χ0) is 11.6. The minimum atomic E-state index is -0.425. The van der Waals surface area contributed by atoms with Crippen LogP contribution in [0.5, 0.6) is 0 Å². The molecule has 3 nitrogen and oxygen atoms in total. The molecule has 1 aliphatic rings. The second-order valence-electron chi connectivity index (χ2n) is 5.10. The van der Waals surface area contributed by atoms with Crippen LogP contribution in [0.4, 0.5) is 0 Å². The summed E-state index contributed by atoms with van der Waals surface area (Å²) in [4.78, 5) is 10.9. The number of rotatable bonds is 2. The van der Waals surface area contributed by atoms with E-state index in [4.69, 9.17) is 9.47 Å². The molecule has 0 bridgehead atoms. The van der Waals surface area contributed by atoms with E-state index < -0.39 is 6.29 Å². The first-order chi connectivity index (χ1) is 6.86. The summed E-state index contributed by atoms with van der Waals surface area (Å²) < 4.78 is 10.7. The van der Waals surface area contributed by atoms with Gasteiger partial charge in [0.1, 0.15) is 0 Å². The van der Waals surface area contributed by atoms with Crippen molar-refractivity contribution in [3.63, 3.8) is 0 Å². The van der Waals surface area contributed by atoms with Gasteiger partial charge in [-0.3, -0.25) is 4.79 Å². The largest absolute Gasteiger partial charge is 0.436 e. The quantitative estimate of drug-likeness (QED) is 0.520. The van der Waals surface area contributed by atoms with Gasteiger partial charge in [0.15, 0.2) is 0 Å². The molecule has 0 spiro atoms. The second kappa shape index (κ2) is 4.35. The molecule has 0 unspecified atom stereocenters. The van der Waals surface area contributed by atoms with Crippen molar-refractivity contribution in [1.29, 1.82) is 0 Å². The summed E-state index contributed by atoms with van der Waals surface area (Å²) in [6.45, 7) is 12.2. The van der Waals surface area contributed by atoms with E-state index in [1.54, 1.807) is 0 Å². The first-order valence-corrected chi connectivity index (χ1v) is 5.27. The van der Waals surface area contributed by atoms with Gasteiger partial charge in [0.2, 0.25) is 6.29 Å². The molecule has 3 atom stereocenters. The van der Waals surface area contributed by atoms with E-state index in [2.05, 4.69) is 27.4 Å². The Hall–Kier alpha value is -0.830. The number of carbonyl (C=O) groups excluding carboxylic acids is 1. The lowest BCUT2D eigenvalue weighted by molar-refractivity contribution is -0.178. The minimum absolute atomic E-state index is 0.0372. The molecule has 1 rings (SSSR count). The second-order valence-corrected chi connectivity index (χ2v) is 5.10. The van der Waals surface area contributed by atoms with E-state index in [1.807, 2.05) is 6.08 Å². The van der Waals surface area contributed by atoms with E-state index in [0.29, 0.717) is 6.61 Å². The monoisotopic (exact) mass is 212 g/mol. The van der Waals surface area contributed by atoms with Gasteiger partial charge in [0, 0.05) is 18.8 Å². The highest BCUT2D eigenvalue weighted by atomic mass is 16.7. The maximum absolute atomic E-state index is 10.9. The molecule has 1 heterocycles. The SMILES string of the molecule is C=C[C@@H]1CO[C@@H](OC(C)=O)[C@H]1C(C)(C)C. The fourth-order valence-electron chi connectivity index (χ4n) is 2.15. The molecule has 1 fully saturated rings. The van der Waals surface area contributed by atoms with E-state index in [9.17, 15) is 4.79 Å². The van der Waals surface area contributed by atoms with E-state index in [1.165, 1.54) is 6.92 Å². The molecule has 86 valence electrons. The van der Waals surface area contributed by atoms with Gasteiger partial charge in [-0.05, 0) is 5.41 Å². The Morgan fingerprint density at radius 3 is 2.53 bits per heavy atom. The van der Waals surface area contributed by atoms with Crippen LogP contribution in [0.3, 0.4) is 0 Å². The van der Waals surface area contributed by atoms with Crippen LogP contribution >= 0.6 is 0 Å². The first-order valence-electron chi connectivity index (χ1n) is 5.27. The van der Waals surface area contributed by atoms with Gasteiger partial charge < -0.3 is 9.47 Å². The highest BCUT2D eigenvalue weighted by Gasteiger charge is 2.44. The average Bonchev–Trinajstić information content (AvgIpc) is 2.45. The molecule has 0 N–H and O–H groups in total. The Labute approximate surface area is 91.4 Å². The van der Waals surface area contributed by atoms with Gasteiger partial charge in [0.05, 0.1) is 6.61 Å². The Balaban J connectivity index is 2.81. The van der Waals surface area contributed by atoms with Crippen LogP contribution in [-0.2, 0) is 14.3 Å². The molecular weight excluding hydrogens is 192 g/mol. The van der Waals surface area contributed by atoms with Crippen molar-refractivity contribution in [3.05, 3.63) is 12.7 Å². The zero-order valence-electron chi connectivity index (χ0n) is 9.95. The first kappa shape index (κ1) is 12.2. The maximum atomic E-state index is 10.9. The normalized spacial score (nSPS) is 31.3. The summed E-state index contributed by atoms with van der Waals surface area (Å²) in [7, 11) is 0. The van der Waals surface area contributed by atoms with Crippen LogP contribution in [0, 0.1) is 17.3 Å². The highest BCUT2D eigenvalue weighted by molar-refractivity contribution is 5.66. The molecule has 0 aromatic heterocycles. The molecule has 15 heavy (non-hydrogen) atoms. The Morgan fingerprint density at radius 2 is 2.13 bits per heavy atom. The van der Waals surface area contributed by atoms with Gasteiger partial charge in [0.25, 0.3) is 0 Å². The molecule has 1 saturated heterocycles. The Morgan fingerprint density at radius 1 is 1.53 bits per heavy atom. The predicted molar refractivity (Wildman–Crippen MR) is 58.1 cm³/mol. The number of carbonyl (C=O) groups is 1. The van der Waals surface area contributed by atoms with Crippen molar-refractivity contribution >= 4 is 5.97 Å². The van der Waals surface area contributed by atoms with Crippen molar-refractivity contribution in [2.75, 3.05) is 6.61 Å². The summed E-state index contributed by atoms with van der Waals surface area (Å²) in [6.07, 6.45) is 1.46. The Kier molecular flexibility index (Phi) is 3.55. The highest BCUT2D eigenvalue weighted by Crippen LogP contribution is 2.41. The van der Waals surface area contributed by atoms with Crippen molar-refractivity contribution in [1.82, 2.24) is 0 Å². The van der Waals surface area contributed by atoms with Crippen molar-refractivity contribution in [3.8, 4) is 0 Å². The van der Waals surface area contributed by atoms with Crippen LogP contribution in [-0.4, -0.2) is 18.9 Å². The van der Waals surface area contributed by atoms with Gasteiger partial charge in [-0.1, -0.05) is 26.8 Å². The Bertz CT molecular complexity index is 252. The summed E-state index contributed by atoms with van der Waals surface area (Å²) in [5, 5.41) is 0.